The SMILES string of the molecule is O=C(NCc1ccccc1)Oc1cccc(-c2cncc(-c3nccs3)c2)c1. The van der Waals surface area contributed by atoms with Gasteiger partial charge in [-0.25, -0.2) is 9.78 Å². The maximum absolute atomic E-state index is 12.1. The van der Waals surface area contributed by atoms with Gasteiger partial charge in [0, 0.05) is 41.6 Å². The highest BCUT2D eigenvalue weighted by Gasteiger charge is 2.08. The fourth-order valence-corrected chi connectivity index (χ4v) is 3.35. The Hall–Kier alpha value is -3.51. The number of aromatic nitrogens is 2. The zero-order valence-electron chi connectivity index (χ0n) is 14.9. The van der Waals surface area contributed by atoms with E-state index in [0.29, 0.717) is 12.3 Å². The van der Waals surface area contributed by atoms with E-state index >= 15 is 0 Å². The summed E-state index contributed by atoms with van der Waals surface area (Å²) in [6, 6.07) is 19.1. The van der Waals surface area contributed by atoms with Crippen LogP contribution >= 0.6 is 11.3 Å². The number of thiazole rings is 1. The fourth-order valence-electron chi connectivity index (χ4n) is 2.73. The topological polar surface area (TPSA) is 64.1 Å². The molecule has 0 radical (unpaired) electrons. The molecule has 0 unspecified atom stereocenters. The second-order valence-corrected chi connectivity index (χ2v) is 6.95. The predicted molar refractivity (Wildman–Crippen MR) is 110 cm³/mol. The minimum absolute atomic E-state index is 0.416. The van der Waals surface area contributed by atoms with Crippen LogP contribution in [0.25, 0.3) is 21.7 Å². The molecule has 1 amide bonds. The Kier molecular flexibility index (Phi) is 5.40. The number of pyridine rings is 1. The van der Waals surface area contributed by atoms with Crippen LogP contribution in [0.1, 0.15) is 5.56 Å². The Balaban J connectivity index is 1.46. The molecule has 0 fully saturated rings. The first-order chi connectivity index (χ1) is 13.8. The number of carbonyl (C=O) groups is 1. The summed E-state index contributed by atoms with van der Waals surface area (Å²) in [6.45, 7) is 0.416. The third-order valence-electron chi connectivity index (χ3n) is 4.08. The Bertz CT molecular complexity index is 1070. The van der Waals surface area contributed by atoms with E-state index in [1.165, 1.54) is 0 Å². The van der Waals surface area contributed by atoms with Crippen molar-refractivity contribution in [3.63, 3.8) is 0 Å². The van der Waals surface area contributed by atoms with Crippen molar-refractivity contribution in [2.75, 3.05) is 0 Å². The molecule has 28 heavy (non-hydrogen) atoms. The molecule has 4 rings (SSSR count). The summed E-state index contributed by atoms with van der Waals surface area (Å²) >= 11 is 1.57. The molecule has 0 bridgehead atoms. The van der Waals surface area contributed by atoms with E-state index < -0.39 is 6.09 Å². The largest absolute Gasteiger partial charge is 0.412 e. The summed E-state index contributed by atoms with van der Waals surface area (Å²) in [6.07, 6.45) is 4.86. The summed E-state index contributed by atoms with van der Waals surface area (Å²) < 4.78 is 5.42. The summed E-state index contributed by atoms with van der Waals surface area (Å²) in [5, 5.41) is 5.61. The molecule has 2 heterocycles. The molecular weight excluding hydrogens is 370 g/mol. The van der Waals surface area contributed by atoms with Crippen LogP contribution in [-0.4, -0.2) is 16.1 Å². The fraction of sp³-hybridized carbons (Fsp3) is 0.0455. The molecule has 4 aromatic rings. The van der Waals surface area contributed by atoms with Crippen molar-refractivity contribution in [1.29, 1.82) is 0 Å². The molecule has 0 aliphatic carbocycles. The molecule has 2 aromatic heterocycles. The number of carbonyl (C=O) groups excluding carboxylic acids is 1. The Morgan fingerprint density at radius 3 is 2.64 bits per heavy atom. The van der Waals surface area contributed by atoms with Gasteiger partial charge in [0.2, 0.25) is 0 Å². The second kappa shape index (κ2) is 8.45. The van der Waals surface area contributed by atoms with Gasteiger partial charge in [-0.15, -0.1) is 11.3 Å². The van der Waals surface area contributed by atoms with Crippen molar-refractivity contribution in [1.82, 2.24) is 15.3 Å². The van der Waals surface area contributed by atoms with Gasteiger partial charge >= 0.3 is 6.09 Å². The van der Waals surface area contributed by atoms with Crippen LogP contribution in [0.2, 0.25) is 0 Å². The summed E-state index contributed by atoms with van der Waals surface area (Å²) in [7, 11) is 0. The quantitative estimate of drug-likeness (QED) is 0.514. The molecule has 0 spiro atoms. The van der Waals surface area contributed by atoms with Crippen LogP contribution < -0.4 is 10.1 Å². The first-order valence-electron chi connectivity index (χ1n) is 8.73. The molecule has 0 aliphatic heterocycles. The van der Waals surface area contributed by atoms with E-state index in [1.54, 1.807) is 36.0 Å². The Morgan fingerprint density at radius 2 is 1.82 bits per heavy atom. The van der Waals surface area contributed by atoms with Crippen LogP contribution in [0.5, 0.6) is 5.75 Å². The predicted octanol–water partition coefficient (Wildman–Crippen LogP) is 5.16. The van der Waals surface area contributed by atoms with Crippen molar-refractivity contribution in [3.05, 3.63) is 90.2 Å². The van der Waals surface area contributed by atoms with Crippen molar-refractivity contribution in [2.24, 2.45) is 0 Å². The number of ether oxygens (including phenoxy) is 1. The lowest BCUT2D eigenvalue weighted by molar-refractivity contribution is 0.200. The zero-order chi connectivity index (χ0) is 19.2. The van der Waals surface area contributed by atoms with Gasteiger partial charge in [0.05, 0.1) is 0 Å². The highest BCUT2D eigenvalue weighted by Crippen LogP contribution is 2.28. The molecule has 0 aliphatic rings. The smallest absolute Gasteiger partial charge is 0.410 e. The highest BCUT2D eigenvalue weighted by atomic mass is 32.1. The first kappa shape index (κ1) is 17.9. The molecule has 2 aromatic carbocycles. The summed E-state index contributed by atoms with van der Waals surface area (Å²) in [5.41, 5.74) is 3.82. The van der Waals surface area contributed by atoms with Gasteiger partial charge in [-0.2, -0.15) is 0 Å². The van der Waals surface area contributed by atoms with Gasteiger partial charge < -0.3 is 10.1 Å². The van der Waals surface area contributed by atoms with E-state index in [-0.39, 0.29) is 0 Å². The zero-order valence-corrected chi connectivity index (χ0v) is 15.7. The molecule has 1 N–H and O–H groups in total. The third kappa shape index (κ3) is 4.42. The highest BCUT2D eigenvalue weighted by molar-refractivity contribution is 7.13. The van der Waals surface area contributed by atoms with Gasteiger partial charge in [-0.1, -0.05) is 42.5 Å². The van der Waals surface area contributed by atoms with Gasteiger partial charge in [-0.3, -0.25) is 4.98 Å². The lowest BCUT2D eigenvalue weighted by Crippen LogP contribution is -2.26. The van der Waals surface area contributed by atoms with Gasteiger partial charge in [0.1, 0.15) is 10.8 Å². The lowest BCUT2D eigenvalue weighted by atomic mass is 10.1. The van der Waals surface area contributed by atoms with Gasteiger partial charge in [0.25, 0.3) is 0 Å². The third-order valence-corrected chi connectivity index (χ3v) is 4.90. The minimum atomic E-state index is -0.490. The molecular formula is C22H17N3O2S. The number of amides is 1. The van der Waals surface area contributed by atoms with E-state index in [2.05, 4.69) is 15.3 Å². The number of nitrogens with one attached hydrogen (secondary N) is 1. The van der Waals surface area contributed by atoms with Crippen molar-refractivity contribution < 1.29 is 9.53 Å². The number of benzene rings is 2. The maximum atomic E-state index is 12.1. The van der Waals surface area contributed by atoms with Crippen molar-refractivity contribution in [2.45, 2.75) is 6.54 Å². The second-order valence-electron chi connectivity index (χ2n) is 6.06. The average Bonchev–Trinajstić information content (AvgIpc) is 3.28. The molecule has 6 heteroatoms. The molecule has 0 saturated carbocycles. The number of rotatable bonds is 5. The number of nitrogens with zero attached hydrogens (tertiary/aromatic N) is 2. The number of hydrogen-bond acceptors (Lipinski definition) is 5. The van der Waals surface area contributed by atoms with E-state index in [9.17, 15) is 4.79 Å². The minimum Gasteiger partial charge on any atom is -0.410 e. The molecule has 0 atom stereocenters. The van der Waals surface area contributed by atoms with Crippen LogP contribution in [0.4, 0.5) is 4.79 Å². The first-order valence-corrected chi connectivity index (χ1v) is 9.61. The number of hydrogen-bond donors (Lipinski definition) is 1. The van der Waals surface area contributed by atoms with Gasteiger partial charge in [-0.05, 0) is 29.3 Å². The van der Waals surface area contributed by atoms with E-state index in [1.807, 2.05) is 60.0 Å². The van der Waals surface area contributed by atoms with Crippen LogP contribution in [0.15, 0.2) is 84.6 Å². The van der Waals surface area contributed by atoms with Crippen molar-refractivity contribution in [3.8, 4) is 27.4 Å². The molecule has 0 saturated heterocycles. The van der Waals surface area contributed by atoms with Gasteiger partial charge in [0.15, 0.2) is 0 Å². The Labute approximate surface area is 166 Å². The van der Waals surface area contributed by atoms with Crippen LogP contribution in [0, 0.1) is 0 Å². The average molecular weight is 387 g/mol. The van der Waals surface area contributed by atoms with Crippen LogP contribution in [-0.2, 0) is 6.54 Å². The maximum Gasteiger partial charge on any atom is 0.412 e. The molecule has 5 nitrogen and oxygen atoms in total. The van der Waals surface area contributed by atoms with E-state index in [4.69, 9.17) is 4.74 Å². The van der Waals surface area contributed by atoms with Crippen LogP contribution in [0.3, 0.4) is 0 Å². The van der Waals surface area contributed by atoms with Crippen molar-refractivity contribution >= 4 is 17.4 Å². The normalized spacial score (nSPS) is 10.4. The standard InChI is InChI=1S/C22H17N3O2S/c26-22(25-13-16-5-2-1-3-6-16)27-20-8-4-7-17(12-20)18-11-19(15-23-14-18)21-24-9-10-28-21/h1-12,14-15H,13H2,(H,25,26). The molecule has 138 valence electrons. The Morgan fingerprint density at radius 1 is 0.964 bits per heavy atom. The lowest BCUT2D eigenvalue weighted by Gasteiger charge is -2.09. The summed E-state index contributed by atoms with van der Waals surface area (Å²) in [4.78, 5) is 20.7. The monoisotopic (exact) mass is 387 g/mol. The van der Waals surface area contributed by atoms with E-state index in [0.717, 1.165) is 27.3 Å². The summed E-state index contributed by atoms with van der Waals surface area (Å²) in [5.74, 6) is 0.475.